The van der Waals surface area contributed by atoms with E-state index in [1.54, 1.807) is 12.1 Å². The smallest absolute Gasteiger partial charge is 0.416 e. The molecule has 10 heteroatoms. The third-order valence-electron chi connectivity index (χ3n) is 3.20. The maximum atomic E-state index is 12.5. The van der Waals surface area contributed by atoms with E-state index in [1.807, 2.05) is 0 Å². The first-order valence-electron chi connectivity index (χ1n) is 7.40. The van der Waals surface area contributed by atoms with E-state index in [0.717, 1.165) is 12.1 Å². The number of pyridine rings is 1. The molecule has 0 atom stereocenters. The zero-order valence-corrected chi connectivity index (χ0v) is 13.6. The fourth-order valence-corrected chi connectivity index (χ4v) is 1.91. The normalized spacial score (nSPS) is 11.9. The second-order valence-corrected chi connectivity index (χ2v) is 5.14. The van der Waals surface area contributed by atoms with E-state index in [1.165, 1.54) is 18.3 Å². The Kier molecular flexibility index (Phi) is 6.12. The minimum Gasteiger partial charge on any atom is -0.487 e. The molecule has 1 aromatic heterocycles. The standard InChI is InChI=1S/C16H17F3N6O/c17-16(18,19)11-3-1-10(2-4-11)9-26-12-5-6-13(23-8-12)14(7-20)24-25-15(21)22/h1-6,8H,7,9,20H2,(H4,21,22,25)/b24-14+. The van der Waals surface area contributed by atoms with Crippen molar-refractivity contribution in [3.63, 3.8) is 0 Å². The molecular weight excluding hydrogens is 349 g/mol. The lowest BCUT2D eigenvalue weighted by Crippen LogP contribution is -2.23. The molecule has 0 aliphatic heterocycles. The SMILES string of the molecule is NC/C(=N\N=C(N)N)c1ccc(OCc2ccc(C(F)(F)F)cc2)cn1. The van der Waals surface area contributed by atoms with Gasteiger partial charge in [-0.2, -0.15) is 13.2 Å². The number of hydrogen-bond acceptors (Lipinski definition) is 5. The summed E-state index contributed by atoms with van der Waals surface area (Å²) >= 11 is 0. The van der Waals surface area contributed by atoms with Crippen molar-refractivity contribution >= 4 is 11.7 Å². The monoisotopic (exact) mass is 366 g/mol. The summed E-state index contributed by atoms with van der Waals surface area (Å²) in [6.45, 7) is 0.181. The van der Waals surface area contributed by atoms with Gasteiger partial charge in [0.25, 0.3) is 0 Å². The molecule has 1 aromatic carbocycles. The van der Waals surface area contributed by atoms with Gasteiger partial charge >= 0.3 is 6.18 Å². The molecule has 0 aliphatic carbocycles. The van der Waals surface area contributed by atoms with Crippen molar-refractivity contribution in [2.75, 3.05) is 6.54 Å². The van der Waals surface area contributed by atoms with Crippen LogP contribution < -0.4 is 21.9 Å². The Morgan fingerprint density at radius 1 is 1.04 bits per heavy atom. The second-order valence-electron chi connectivity index (χ2n) is 5.14. The number of ether oxygens (including phenoxy) is 1. The molecule has 7 nitrogen and oxygen atoms in total. The highest BCUT2D eigenvalue weighted by Gasteiger charge is 2.29. The van der Waals surface area contributed by atoms with E-state index in [2.05, 4.69) is 15.2 Å². The van der Waals surface area contributed by atoms with E-state index < -0.39 is 11.7 Å². The molecule has 0 aliphatic rings. The van der Waals surface area contributed by atoms with E-state index in [-0.39, 0.29) is 19.1 Å². The quantitative estimate of drug-likeness (QED) is 0.407. The summed E-state index contributed by atoms with van der Waals surface area (Å²) in [5.41, 5.74) is 16.7. The Balaban J connectivity index is 2.01. The van der Waals surface area contributed by atoms with E-state index in [0.29, 0.717) is 22.7 Å². The third-order valence-corrected chi connectivity index (χ3v) is 3.20. The maximum Gasteiger partial charge on any atom is 0.416 e. The molecule has 2 rings (SSSR count). The van der Waals surface area contributed by atoms with Crippen LogP contribution in [0, 0.1) is 0 Å². The number of hydrogen-bond donors (Lipinski definition) is 3. The highest BCUT2D eigenvalue weighted by atomic mass is 19.4. The molecule has 6 N–H and O–H groups in total. The first-order chi connectivity index (χ1) is 12.3. The number of halogens is 3. The molecule has 0 radical (unpaired) electrons. The zero-order chi connectivity index (χ0) is 19.2. The van der Waals surface area contributed by atoms with Crippen molar-refractivity contribution in [3.05, 3.63) is 59.4 Å². The number of nitrogens with zero attached hydrogens (tertiary/aromatic N) is 3. The van der Waals surface area contributed by atoms with E-state index >= 15 is 0 Å². The molecule has 1 heterocycles. The molecule has 138 valence electrons. The highest BCUT2D eigenvalue weighted by molar-refractivity contribution is 6.00. The summed E-state index contributed by atoms with van der Waals surface area (Å²) in [4.78, 5) is 4.15. The van der Waals surface area contributed by atoms with Gasteiger partial charge < -0.3 is 21.9 Å². The minimum atomic E-state index is -4.36. The minimum absolute atomic E-state index is 0.0789. The Morgan fingerprint density at radius 2 is 1.73 bits per heavy atom. The predicted octanol–water partition coefficient (Wildman–Crippen LogP) is 1.62. The van der Waals surface area contributed by atoms with Gasteiger partial charge in [-0.3, -0.25) is 4.98 Å². The van der Waals surface area contributed by atoms with Gasteiger partial charge in [-0.05, 0) is 29.8 Å². The summed E-state index contributed by atoms with van der Waals surface area (Å²) in [6.07, 6.45) is -2.92. The zero-order valence-electron chi connectivity index (χ0n) is 13.6. The number of alkyl halides is 3. The fraction of sp³-hybridized carbons (Fsp3) is 0.188. The van der Waals surface area contributed by atoms with Crippen LogP contribution in [0.4, 0.5) is 13.2 Å². The topological polar surface area (TPSA) is 125 Å². The lowest BCUT2D eigenvalue weighted by Gasteiger charge is -2.09. The molecule has 0 unspecified atom stereocenters. The number of rotatable bonds is 6. The van der Waals surface area contributed by atoms with Crippen molar-refractivity contribution < 1.29 is 17.9 Å². The van der Waals surface area contributed by atoms with Crippen LogP contribution in [0.15, 0.2) is 52.8 Å². The van der Waals surface area contributed by atoms with Crippen molar-refractivity contribution in [1.29, 1.82) is 0 Å². The van der Waals surface area contributed by atoms with Crippen LogP contribution in [0.25, 0.3) is 0 Å². The summed E-state index contributed by atoms with van der Waals surface area (Å²) < 4.78 is 43.1. The average Bonchev–Trinajstić information content (AvgIpc) is 2.61. The lowest BCUT2D eigenvalue weighted by atomic mass is 10.1. The van der Waals surface area contributed by atoms with Crippen LogP contribution >= 0.6 is 0 Å². The number of aromatic nitrogens is 1. The van der Waals surface area contributed by atoms with E-state index in [4.69, 9.17) is 21.9 Å². The van der Waals surface area contributed by atoms with Gasteiger partial charge in [-0.25, -0.2) is 0 Å². The molecular formula is C16H17F3N6O. The van der Waals surface area contributed by atoms with Crippen LogP contribution in [0.2, 0.25) is 0 Å². The van der Waals surface area contributed by atoms with Crippen molar-refractivity contribution in [2.45, 2.75) is 12.8 Å². The van der Waals surface area contributed by atoms with Gasteiger partial charge in [0, 0.05) is 6.54 Å². The first-order valence-corrected chi connectivity index (χ1v) is 7.40. The van der Waals surface area contributed by atoms with Gasteiger partial charge in [-0.15, -0.1) is 10.2 Å². The highest BCUT2D eigenvalue weighted by Crippen LogP contribution is 2.29. The van der Waals surface area contributed by atoms with Crippen LogP contribution in [-0.4, -0.2) is 23.2 Å². The molecule has 0 amide bonds. The largest absolute Gasteiger partial charge is 0.487 e. The fourth-order valence-electron chi connectivity index (χ4n) is 1.91. The molecule has 0 saturated carbocycles. The van der Waals surface area contributed by atoms with Crippen molar-refractivity contribution in [2.24, 2.45) is 27.4 Å². The number of benzene rings is 1. The molecule has 0 spiro atoms. The molecule has 26 heavy (non-hydrogen) atoms. The average molecular weight is 366 g/mol. The molecule has 0 saturated heterocycles. The second kappa shape index (κ2) is 8.30. The number of nitrogens with two attached hydrogens (primary N) is 3. The number of guanidine groups is 1. The molecule has 2 aromatic rings. The predicted molar refractivity (Wildman–Crippen MR) is 91.4 cm³/mol. The van der Waals surface area contributed by atoms with Gasteiger partial charge in [0.15, 0.2) is 0 Å². The summed E-state index contributed by atoms with van der Waals surface area (Å²) in [6, 6.07) is 7.99. The molecule has 0 fully saturated rings. The lowest BCUT2D eigenvalue weighted by molar-refractivity contribution is -0.137. The van der Waals surface area contributed by atoms with Gasteiger partial charge in [0.2, 0.25) is 5.96 Å². The van der Waals surface area contributed by atoms with Gasteiger partial charge in [0.05, 0.1) is 17.5 Å². The molecule has 0 bridgehead atoms. The Labute approximate surface area is 147 Å². The maximum absolute atomic E-state index is 12.5. The Morgan fingerprint density at radius 3 is 2.23 bits per heavy atom. The summed E-state index contributed by atoms with van der Waals surface area (Å²) in [7, 11) is 0. The van der Waals surface area contributed by atoms with Crippen LogP contribution in [0.1, 0.15) is 16.8 Å². The van der Waals surface area contributed by atoms with Crippen molar-refractivity contribution in [3.8, 4) is 5.75 Å². The third kappa shape index (κ3) is 5.45. The van der Waals surface area contributed by atoms with Crippen LogP contribution in [0.3, 0.4) is 0 Å². The summed E-state index contributed by atoms with van der Waals surface area (Å²) in [5.74, 6) is 0.235. The van der Waals surface area contributed by atoms with Gasteiger partial charge in [0.1, 0.15) is 18.1 Å². The van der Waals surface area contributed by atoms with Gasteiger partial charge in [-0.1, -0.05) is 12.1 Å². The summed E-state index contributed by atoms with van der Waals surface area (Å²) in [5, 5.41) is 7.32. The van der Waals surface area contributed by atoms with E-state index in [9.17, 15) is 13.2 Å². The van der Waals surface area contributed by atoms with Crippen molar-refractivity contribution in [1.82, 2.24) is 4.98 Å². The first kappa shape index (κ1) is 19.2. The Hall–Kier alpha value is -3.14. The Bertz CT molecular complexity index is 781. The van der Waals surface area contributed by atoms with Crippen LogP contribution in [0.5, 0.6) is 5.75 Å². The van der Waals surface area contributed by atoms with Crippen LogP contribution in [-0.2, 0) is 12.8 Å².